The fraction of sp³-hybridized carbons (Fsp3) is 0.667. The van der Waals surface area contributed by atoms with E-state index in [1.807, 2.05) is 0 Å². The van der Waals surface area contributed by atoms with E-state index >= 15 is 0 Å². The fourth-order valence-electron chi connectivity index (χ4n) is 3.68. The van der Waals surface area contributed by atoms with Crippen LogP contribution in [0.4, 0.5) is 0 Å². The van der Waals surface area contributed by atoms with E-state index in [4.69, 9.17) is 0 Å². The third-order valence-electron chi connectivity index (χ3n) is 4.78. The molecule has 21 heavy (non-hydrogen) atoms. The van der Waals surface area contributed by atoms with Gasteiger partial charge in [-0.2, -0.15) is 0 Å². The Morgan fingerprint density at radius 3 is 2.48 bits per heavy atom. The largest absolute Gasteiger partial charge is 0.313 e. The summed E-state index contributed by atoms with van der Waals surface area (Å²) in [5, 5.41) is 3.53. The predicted octanol–water partition coefficient (Wildman–Crippen LogP) is 2.61. The number of nitrogens with zero attached hydrogens (tertiary/aromatic N) is 2. The fourth-order valence-corrected chi connectivity index (χ4v) is 3.68. The molecule has 2 atom stereocenters. The van der Waals surface area contributed by atoms with Crippen molar-refractivity contribution in [3.63, 3.8) is 0 Å². The summed E-state index contributed by atoms with van der Waals surface area (Å²) in [6.07, 6.45) is 0. The topological polar surface area (TPSA) is 18.5 Å². The molecule has 2 unspecified atom stereocenters. The van der Waals surface area contributed by atoms with Crippen molar-refractivity contribution < 1.29 is 0 Å². The maximum absolute atomic E-state index is 3.53. The first-order valence-electron chi connectivity index (χ1n) is 8.09. The van der Waals surface area contributed by atoms with Crippen LogP contribution in [0.5, 0.6) is 0 Å². The van der Waals surface area contributed by atoms with Gasteiger partial charge in [0.1, 0.15) is 0 Å². The van der Waals surface area contributed by atoms with Crippen molar-refractivity contribution in [3.8, 4) is 0 Å². The zero-order chi connectivity index (χ0) is 15.5. The van der Waals surface area contributed by atoms with Gasteiger partial charge in [-0.3, -0.25) is 4.90 Å². The minimum Gasteiger partial charge on any atom is -0.313 e. The van der Waals surface area contributed by atoms with E-state index in [9.17, 15) is 0 Å². The average molecular weight is 289 g/mol. The smallest absolute Gasteiger partial charge is 0.0381 e. The van der Waals surface area contributed by atoms with Crippen LogP contribution in [0.2, 0.25) is 0 Å². The molecule has 0 radical (unpaired) electrons. The second-order valence-corrected chi connectivity index (χ2v) is 7.20. The van der Waals surface area contributed by atoms with Crippen LogP contribution < -0.4 is 5.32 Å². The lowest BCUT2D eigenvalue weighted by atomic mass is 9.79. The molecule has 1 fully saturated rings. The summed E-state index contributed by atoms with van der Waals surface area (Å²) in [5.74, 6) is 0. The monoisotopic (exact) mass is 289 g/mol. The zero-order valence-corrected chi connectivity index (χ0v) is 14.3. The van der Waals surface area contributed by atoms with Crippen molar-refractivity contribution in [1.82, 2.24) is 15.1 Å². The third-order valence-corrected chi connectivity index (χ3v) is 4.78. The van der Waals surface area contributed by atoms with E-state index < -0.39 is 0 Å². The van der Waals surface area contributed by atoms with E-state index in [1.54, 1.807) is 0 Å². The Kier molecular flexibility index (Phi) is 5.42. The van der Waals surface area contributed by atoms with Gasteiger partial charge in [-0.1, -0.05) is 44.2 Å². The molecule has 1 N–H and O–H groups in total. The molecule has 0 aliphatic carbocycles. The lowest BCUT2D eigenvalue weighted by Crippen LogP contribution is -2.54. The molecule has 0 saturated carbocycles. The molecular weight excluding hydrogens is 258 g/mol. The third kappa shape index (κ3) is 4.06. The van der Waals surface area contributed by atoms with Gasteiger partial charge in [-0.25, -0.2) is 0 Å². The molecule has 0 aromatic heterocycles. The van der Waals surface area contributed by atoms with Crippen molar-refractivity contribution in [1.29, 1.82) is 0 Å². The Hall–Kier alpha value is -0.900. The zero-order valence-electron chi connectivity index (χ0n) is 14.3. The number of piperazine rings is 1. The summed E-state index contributed by atoms with van der Waals surface area (Å²) >= 11 is 0. The van der Waals surface area contributed by atoms with Gasteiger partial charge in [0.05, 0.1) is 0 Å². The first-order valence-corrected chi connectivity index (χ1v) is 8.09. The van der Waals surface area contributed by atoms with Crippen molar-refractivity contribution in [3.05, 3.63) is 35.9 Å². The molecule has 3 nitrogen and oxygen atoms in total. The van der Waals surface area contributed by atoms with E-state index in [2.05, 4.69) is 80.3 Å². The Labute approximate surface area is 130 Å². The molecule has 1 aliphatic heterocycles. The Morgan fingerprint density at radius 2 is 1.90 bits per heavy atom. The average Bonchev–Trinajstić information content (AvgIpc) is 2.43. The lowest BCUT2D eigenvalue weighted by molar-refractivity contribution is 0.0523. The molecule has 1 saturated heterocycles. The van der Waals surface area contributed by atoms with Gasteiger partial charge in [-0.05, 0) is 32.0 Å². The highest BCUT2D eigenvalue weighted by Gasteiger charge is 2.34. The van der Waals surface area contributed by atoms with Crippen molar-refractivity contribution >= 4 is 0 Å². The van der Waals surface area contributed by atoms with E-state index in [-0.39, 0.29) is 5.41 Å². The molecular formula is C18H31N3. The second-order valence-electron chi connectivity index (χ2n) is 7.20. The molecule has 0 spiro atoms. The molecule has 118 valence electrons. The number of benzene rings is 1. The highest BCUT2D eigenvalue weighted by atomic mass is 15.3. The summed E-state index contributed by atoms with van der Waals surface area (Å²) in [4.78, 5) is 5.08. The van der Waals surface area contributed by atoms with Crippen LogP contribution in [0.1, 0.15) is 32.4 Å². The Bertz CT molecular complexity index is 429. The van der Waals surface area contributed by atoms with Gasteiger partial charge < -0.3 is 10.2 Å². The summed E-state index contributed by atoms with van der Waals surface area (Å²) in [5.41, 5.74) is 1.58. The van der Waals surface area contributed by atoms with Crippen molar-refractivity contribution in [2.45, 2.75) is 32.9 Å². The summed E-state index contributed by atoms with van der Waals surface area (Å²) < 4.78 is 0. The van der Waals surface area contributed by atoms with Gasteiger partial charge >= 0.3 is 0 Å². The van der Waals surface area contributed by atoms with Crippen LogP contribution in [0.25, 0.3) is 0 Å². The molecule has 0 amide bonds. The van der Waals surface area contributed by atoms with Crippen LogP contribution >= 0.6 is 0 Å². The first kappa shape index (κ1) is 16.5. The minimum atomic E-state index is 0.195. The van der Waals surface area contributed by atoms with E-state index in [0.29, 0.717) is 12.1 Å². The molecule has 1 aromatic rings. The van der Waals surface area contributed by atoms with Gasteiger partial charge in [0.25, 0.3) is 0 Å². The summed E-state index contributed by atoms with van der Waals surface area (Å²) in [6, 6.07) is 11.8. The van der Waals surface area contributed by atoms with E-state index in [1.165, 1.54) is 25.2 Å². The van der Waals surface area contributed by atoms with Gasteiger partial charge in [-0.15, -0.1) is 0 Å². The van der Waals surface area contributed by atoms with Crippen LogP contribution in [0.15, 0.2) is 30.3 Å². The quantitative estimate of drug-likeness (QED) is 0.899. The molecule has 3 heteroatoms. The SMILES string of the molecule is CNC(c1ccccc1)C(C)(C)CN1CCN(C)CC1C. The highest BCUT2D eigenvalue weighted by Crippen LogP contribution is 2.34. The molecule has 2 rings (SSSR count). The first-order chi connectivity index (χ1) is 9.94. The number of hydrogen-bond acceptors (Lipinski definition) is 3. The van der Waals surface area contributed by atoms with E-state index in [0.717, 1.165) is 6.54 Å². The number of likely N-dealkylation sites (N-methyl/N-ethyl adjacent to an activating group) is 1. The number of nitrogens with one attached hydrogen (secondary N) is 1. The Balaban J connectivity index is 2.09. The number of hydrogen-bond donors (Lipinski definition) is 1. The maximum Gasteiger partial charge on any atom is 0.0381 e. The van der Waals surface area contributed by atoms with Gasteiger partial charge in [0.2, 0.25) is 0 Å². The predicted molar refractivity (Wildman–Crippen MR) is 90.6 cm³/mol. The number of rotatable bonds is 5. The van der Waals surface area contributed by atoms with Crippen molar-refractivity contribution in [2.24, 2.45) is 5.41 Å². The van der Waals surface area contributed by atoms with Gasteiger partial charge in [0.15, 0.2) is 0 Å². The van der Waals surface area contributed by atoms with Gasteiger partial charge in [0, 0.05) is 38.3 Å². The summed E-state index contributed by atoms with van der Waals surface area (Å²) in [6.45, 7) is 11.8. The van der Waals surface area contributed by atoms with Crippen molar-refractivity contribution in [2.75, 3.05) is 40.3 Å². The molecule has 1 heterocycles. The molecule has 1 aliphatic rings. The van der Waals surface area contributed by atoms with Crippen LogP contribution in [-0.2, 0) is 0 Å². The summed E-state index contributed by atoms with van der Waals surface area (Å²) in [7, 11) is 4.30. The second kappa shape index (κ2) is 6.91. The van der Waals surface area contributed by atoms with Crippen LogP contribution in [-0.4, -0.2) is 56.1 Å². The Morgan fingerprint density at radius 1 is 1.24 bits per heavy atom. The standard InChI is InChI=1S/C18H31N3/c1-15-13-20(5)11-12-21(15)14-18(2,3)17(19-4)16-9-7-6-8-10-16/h6-10,15,17,19H,11-14H2,1-5H3. The maximum atomic E-state index is 3.53. The molecule has 0 bridgehead atoms. The normalized spacial score (nSPS) is 23.2. The van der Waals surface area contributed by atoms with Crippen LogP contribution in [0.3, 0.4) is 0 Å². The molecule has 1 aromatic carbocycles. The highest BCUT2D eigenvalue weighted by molar-refractivity contribution is 5.21. The minimum absolute atomic E-state index is 0.195. The lowest BCUT2D eigenvalue weighted by Gasteiger charge is -2.44. The van der Waals surface area contributed by atoms with Crippen LogP contribution in [0, 0.1) is 5.41 Å².